The summed E-state index contributed by atoms with van der Waals surface area (Å²) in [6, 6.07) is 25.7. The molecular formula is C42H35N3O. The van der Waals surface area contributed by atoms with Gasteiger partial charge in [-0.15, -0.1) is 0 Å². The van der Waals surface area contributed by atoms with Gasteiger partial charge in [-0.05, 0) is 90.8 Å². The standard InChI is InChI=1S/C42H35N3O/c1-3-4-23-37-27(2)38-35(42-44-40(28-15-7-5-8-16-28)43-41(45-42)29-17-9-6-10-18-29)25-24-34(39(38)46-37)36-26-30-19-11-12-20-31(30)32-21-13-14-22-33(32)36/h3-5,7-9,12-17,20-26,29H,1,6,10-11,18-19H2,2H3/b23-4-. The van der Waals surface area contributed by atoms with Crippen LogP contribution in [0.2, 0.25) is 0 Å². The zero-order valence-corrected chi connectivity index (χ0v) is 26.0. The Hall–Kier alpha value is -5.35. The topological polar surface area (TPSA) is 51.8 Å². The van der Waals surface area contributed by atoms with Crippen molar-refractivity contribution in [3.8, 4) is 33.9 Å². The van der Waals surface area contributed by atoms with E-state index in [0.717, 1.165) is 76.9 Å². The summed E-state index contributed by atoms with van der Waals surface area (Å²) in [5, 5.41) is 3.52. The molecule has 2 heterocycles. The van der Waals surface area contributed by atoms with E-state index >= 15 is 0 Å². The quantitative estimate of drug-likeness (QED) is 0.142. The number of allylic oxidation sites excluding steroid dienone is 5. The highest BCUT2D eigenvalue weighted by Crippen LogP contribution is 2.44. The van der Waals surface area contributed by atoms with Crippen LogP contribution in [0.5, 0.6) is 0 Å². The van der Waals surface area contributed by atoms with Gasteiger partial charge in [0.1, 0.15) is 17.2 Å². The zero-order valence-electron chi connectivity index (χ0n) is 26.0. The highest BCUT2D eigenvalue weighted by atomic mass is 16.3. The van der Waals surface area contributed by atoms with Gasteiger partial charge in [-0.1, -0.05) is 97.6 Å². The average Bonchev–Trinajstić information content (AvgIpc) is 3.46. The zero-order chi connectivity index (χ0) is 31.0. The molecule has 224 valence electrons. The van der Waals surface area contributed by atoms with Crippen molar-refractivity contribution in [3.05, 3.63) is 138 Å². The van der Waals surface area contributed by atoms with E-state index in [1.807, 2.05) is 30.4 Å². The van der Waals surface area contributed by atoms with Crippen molar-refractivity contribution in [1.29, 1.82) is 0 Å². The minimum Gasteiger partial charge on any atom is -0.456 e. The molecule has 8 rings (SSSR count). The first-order valence-corrected chi connectivity index (χ1v) is 16.2. The number of rotatable bonds is 6. The van der Waals surface area contributed by atoms with Crippen LogP contribution in [0, 0.1) is 6.92 Å². The fourth-order valence-corrected chi connectivity index (χ4v) is 7.03. The van der Waals surface area contributed by atoms with Crippen molar-refractivity contribution < 1.29 is 4.42 Å². The van der Waals surface area contributed by atoms with Crippen LogP contribution in [0.3, 0.4) is 0 Å². The molecule has 2 aliphatic carbocycles. The third kappa shape index (κ3) is 4.91. The number of benzene rings is 4. The molecule has 2 aromatic heterocycles. The van der Waals surface area contributed by atoms with E-state index in [4.69, 9.17) is 19.4 Å². The van der Waals surface area contributed by atoms with Gasteiger partial charge >= 0.3 is 0 Å². The van der Waals surface area contributed by atoms with Gasteiger partial charge in [-0.3, -0.25) is 0 Å². The van der Waals surface area contributed by atoms with Gasteiger partial charge in [0.05, 0.1) is 0 Å². The fourth-order valence-electron chi connectivity index (χ4n) is 7.03. The van der Waals surface area contributed by atoms with Crippen LogP contribution in [-0.4, -0.2) is 15.0 Å². The van der Waals surface area contributed by atoms with Gasteiger partial charge < -0.3 is 4.42 Å². The minimum atomic E-state index is 0.167. The van der Waals surface area contributed by atoms with Crippen LogP contribution in [0.25, 0.3) is 67.8 Å². The molecule has 0 spiro atoms. The molecule has 0 saturated carbocycles. The largest absolute Gasteiger partial charge is 0.456 e. The summed E-state index contributed by atoms with van der Waals surface area (Å²) >= 11 is 0. The van der Waals surface area contributed by atoms with Crippen LogP contribution in [-0.2, 0) is 6.42 Å². The fraction of sp³-hybridized carbons (Fsp3) is 0.167. The van der Waals surface area contributed by atoms with E-state index in [2.05, 4.69) is 92.4 Å². The molecule has 0 N–H and O–H groups in total. The highest BCUT2D eigenvalue weighted by molar-refractivity contribution is 6.10. The van der Waals surface area contributed by atoms with Crippen LogP contribution < -0.4 is 0 Å². The molecule has 0 radical (unpaired) electrons. The maximum atomic E-state index is 6.77. The van der Waals surface area contributed by atoms with E-state index in [0.29, 0.717) is 11.6 Å². The molecule has 4 aromatic carbocycles. The van der Waals surface area contributed by atoms with E-state index in [9.17, 15) is 0 Å². The second-order valence-corrected chi connectivity index (χ2v) is 12.2. The molecule has 0 fully saturated rings. The van der Waals surface area contributed by atoms with Crippen molar-refractivity contribution in [2.24, 2.45) is 0 Å². The maximum Gasteiger partial charge on any atom is 0.164 e. The monoisotopic (exact) mass is 597 g/mol. The lowest BCUT2D eigenvalue weighted by Gasteiger charge is -2.18. The number of hydrogen-bond donors (Lipinski definition) is 0. The molecule has 1 unspecified atom stereocenters. The first kappa shape index (κ1) is 28.1. The van der Waals surface area contributed by atoms with Gasteiger partial charge in [0.25, 0.3) is 0 Å². The molecule has 4 heteroatoms. The molecule has 0 amide bonds. The Kier molecular flexibility index (Phi) is 7.26. The first-order valence-electron chi connectivity index (χ1n) is 16.2. The second-order valence-electron chi connectivity index (χ2n) is 12.2. The third-order valence-corrected chi connectivity index (χ3v) is 9.34. The molecule has 0 saturated heterocycles. The lowest BCUT2D eigenvalue weighted by molar-refractivity contribution is 0.602. The third-order valence-electron chi connectivity index (χ3n) is 9.34. The SMILES string of the molecule is C=C/C=C\c1oc2c(-c3cc4c(c5ccccc35)C=CCC4)ccc(-c3nc(-c4ccccc4)nc(C4C=CCCC4)n3)c2c1C. The smallest absolute Gasteiger partial charge is 0.164 e. The summed E-state index contributed by atoms with van der Waals surface area (Å²) in [6.45, 7) is 6.02. The number of aryl methyl sites for hydroxylation is 2. The second kappa shape index (κ2) is 11.9. The Morgan fingerprint density at radius 3 is 2.46 bits per heavy atom. The number of aromatic nitrogens is 3. The normalized spacial score (nSPS) is 16.0. The lowest BCUT2D eigenvalue weighted by atomic mass is 9.86. The van der Waals surface area contributed by atoms with Crippen molar-refractivity contribution >= 4 is 33.9 Å². The van der Waals surface area contributed by atoms with Gasteiger partial charge in [0.2, 0.25) is 0 Å². The van der Waals surface area contributed by atoms with E-state index < -0.39 is 0 Å². The Morgan fingerprint density at radius 1 is 0.826 bits per heavy atom. The molecule has 1 atom stereocenters. The predicted octanol–water partition coefficient (Wildman–Crippen LogP) is 11.1. The average molecular weight is 598 g/mol. The molecule has 46 heavy (non-hydrogen) atoms. The summed E-state index contributed by atoms with van der Waals surface area (Å²) in [6.07, 6.45) is 20.1. The van der Waals surface area contributed by atoms with Gasteiger partial charge in [-0.2, -0.15) is 0 Å². The highest BCUT2D eigenvalue weighted by Gasteiger charge is 2.24. The van der Waals surface area contributed by atoms with Crippen molar-refractivity contribution in [2.45, 2.75) is 44.9 Å². The molecular weight excluding hydrogens is 562 g/mol. The Morgan fingerprint density at radius 2 is 1.63 bits per heavy atom. The Balaban J connectivity index is 1.40. The van der Waals surface area contributed by atoms with Crippen molar-refractivity contribution in [3.63, 3.8) is 0 Å². The minimum absolute atomic E-state index is 0.167. The number of furan rings is 1. The summed E-state index contributed by atoms with van der Waals surface area (Å²) in [7, 11) is 0. The summed E-state index contributed by atoms with van der Waals surface area (Å²) < 4.78 is 6.77. The van der Waals surface area contributed by atoms with Crippen LogP contribution in [0.4, 0.5) is 0 Å². The van der Waals surface area contributed by atoms with E-state index in [1.54, 1.807) is 6.08 Å². The van der Waals surface area contributed by atoms with Crippen LogP contribution in [0.1, 0.15) is 59.9 Å². The molecule has 4 nitrogen and oxygen atoms in total. The summed E-state index contributed by atoms with van der Waals surface area (Å²) in [5.41, 5.74) is 8.78. The Labute approximate surface area is 269 Å². The number of fused-ring (bicyclic) bond motifs is 4. The summed E-state index contributed by atoms with van der Waals surface area (Å²) in [4.78, 5) is 15.3. The van der Waals surface area contributed by atoms with Crippen molar-refractivity contribution in [1.82, 2.24) is 15.0 Å². The number of hydrogen-bond acceptors (Lipinski definition) is 4. The molecule has 0 bridgehead atoms. The maximum absolute atomic E-state index is 6.77. The summed E-state index contributed by atoms with van der Waals surface area (Å²) in [5.74, 6) is 3.15. The molecule has 2 aliphatic rings. The Bertz CT molecular complexity index is 2220. The van der Waals surface area contributed by atoms with Gasteiger partial charge in [-0.25, -0.2) is 15.0 Å². The van der Waals surface area contributed by atoms with Crippen LogP contribution in [0.15, 0.2) is 114 Å². The molecule has 6 aromatic rings. The number of nitrogens with zero attached hydrogens (tertiary/aromatic N) is 3. The van der Waals surface area contributed by atoms with Crippen molar-refractivity contribution in [2.75, 3.05) is 0 Å². The first-order chi connectivity index (χ1) is 22.7. The van der Waals surface area contributed by atoms with E-state index in [-0.39, 0.29) is 5.92 Å². The van der Waals surface area contributed by atoms with Gasteiger partial charge in [0, 0.05) is 33.6 Å². The molecule has 0 aliphatic heterocycles. The van der Waals surface area contributed by atoms with E-state index in [1.165, 1.54) is 27.5 Å². The van der Waals surface area contributed by atoms with Gasteiger partial charge in [0.15, 0.2) is 11.6 Å². The predicted molar refractivity (Wildman–Crippen MR) is 190 cm³/mol. The van der Waals surface area contributed by atoms with Crippen LogP contribution >= 0.6 is 0 Å². The lowest BCUT2D eigenvalue weighted by Crippen LogP contribution is -2.09.